The molecule has 9 heteroatoms. The number of benzene rings is 2. The van der Waals surface area contributed by atoms with Gasteiger partial charge in [0.15, 0.2) is 5.11 Å². The summed E-state index contributed by atoms with van der Waals surface area (Å²) in [5.41, 5.74) is 6.45. The third-order valence-corrected chi connectivity index (χ3v) is 4.29. The number of thiocarbonyl (C=S) groups is 1. The first-order chi connectivity index (χ1) is 13.3. The van der Waals surface area contributed by atoms with Crippen molar-refractivity contribution in [3.8, 4) is 5.75 Å². The lowest BCUT2D eigenvalue weighted by atomic mass is 10.1. The van der Waals surface area contributed by atoms with Gasteiger partial charge in [-0.15, -0.1) is 0 Å². The molecular formula is C19H19Cl2N3O3S. The Kier molecular flexibility index (Phi) is 8.50. The van der Waals surface area contributed by atoms with Crippen molar-refractivity contribution in [1.29, 1.82) is 0 Å². The van der Waals surface area contributed by atoms with Crippen LogP contribution in [0.5, 0.6) is 5.75 Å². The van der Waals surface area contributed by atoms with Gasteiger partial charge >= 0.3 is 0 Å². The SMILES string of the molecule is Cc1ccc(C(=O)NNC(=S)NC(=O)CCCOc2ccc(Cl)cc2Cl)cc1. The fourth-order valence-corrected chi connectivity index (χ4v) is 2.75. The molecule has 0 aliphatic heterocycles. The summed E-state index contributed by atoms with van der Waals surface area (Å²) < 4.78 is 5.51. The topological polar surface area (TPSA) is 79.5 Å². The van der Waals surface area contributed by atoms with E-state index >= 15 is 0 Å². The molecule has 2 amide bonds. The van der Waals surface area contributed by atoms with Crippen LogP contribution in [-0.4, -0.2) is 23.5 Å². The Balaban J connectivity index is 1.64. The second-order valence-corrected chi connectivity index (χ2v) is 7.10. The summed E-state index contributed by atoms with van der Waals surface area (Å²) in [4.78, 5) is 23.8. The van der Waals surface area contributed by atoms with Crippen LogP contribution in [0.4, 0.5) is 0 Å². The number of halogens is 2. The highest BCUT2D eigenvalue weighted by atomic mass is 35.5. The zero-order valence-electron chi connectivity index (χ0n) is 15.1. The Morgan fingerprint density at radius 3 is 2.46 bits per heavy atom. The predicted octanol–water partition coefficient (Wildman–Crippen LogP) is 3.80. The summed E-state index contributed by atoms with van der Waals surface area (Å²) in [7, 11) is 0. The Morgan fingerprint density at radius 1 is 1.07 bits per heavy atom. The van der Waals surface area contributed by atoms with Gasteiger partial charge in [0.05, 0.1) is 11.6 Å². The molecule has 148 valence electrons. The van der Waals surface area contributed by atoms with Crippen molar-refractivity contribution >= 4 is 52.3 Å². The molecule has 0 atom stereocenters. The van der Waals surface area contributed by atoms with Gasteiger partial charge in [0.2, 0.25) is 5.91 Å². The molecule has 0 saturated carbocycles. The number of rotatable bonds is 6. The average Bonchev–Trinajstić information content (AvgIpc) is 2.65. The molecule has 0 heterocycles. The summed E-state index contributed by atoms with van der Waals surface area (Å²) in [6.07, 6.45) is 0.655. The predicted molar refractivity (Wildman–Crippen MR) is 114 cm³/mol. The standard InChI is InChI=1S/C19H19Cl2N3O3S/c1-12-4-6-13(7-5-12)18(26)23-24-19(28)22-17(25)3-2-10-27-16-9-8-14(20)11-15(16)21/h4-9,11H,2-3,10H2,1H3,(H,23,26)(H2,22,24,25,28). The van der Waals surface area contributed by atoms with Crippen LogP contribution in [0.25, 0.3) is 0 Å². The van der Waals surface area contributed by atoms with Crippen molar-refractivity contribution < 1.29 is 14.3 Å². The smallest absolute Gasteiger partial charge is 0.269 e. The van der Waals surface area contributed by atoms with Crippen molar-refractivity contribution in [3.63, 3.8) is 0 Å². The van der Waals surface area contributed by atoms with E-state index in [9.17, 15) is 9.59 Å². The van der Waals surface area contributed by atoms with Crippen molar-refractivity contribution in [2.45, 2.75) is 19.8 Å². The fourth-order valence-electron chi connectivity index (χ4n) is 2.12. The number of nitrogens with one attached hydrogen (secondary N) is 3. The van der Waals surface area contributed by atoms with Crippen molar-refractivity contribution in [3.05, 3.63) is 63.6 Å². The second-order valence-electron chi connectivity index (χ2n) is 5.85. The van der Waals surface area contributed by atoms with Gasteiger partial charge in [-0.25, -0.2) is 0 Å². The molecule has 2 aromatic carbocycles. The molecule has 0 aromatic heterocycles. The van der Waals surface area contributed by atoms with E-state index in [2.05, 4.69) is 16.2 Å². The Bertz CT molecular complexity index is 860. The minimum absolute atomic E-state index is 0.00660. The van der Waals surface area contributed by atoms with Crippen LogP contribution in [0.1, 0.15) is 28.8 Å². The summed E-state index contributed by atoms with van der Waals surface area (Å²) in [5, 5.41) is 3.42. The highest BCUT2D eigenvalue weighted by molar-refractivity contribution is 7.80. The molecular weight excluding hydrogens is 421 g/mol. The van der Waals surface area contributed by atoms with Gasteiger partial charge in [0.25, 0.3) is 5.91 Å². The molecule has 0 radical (unpaired) electrons. The quantitative estimate of drug-likeness (QED) is 0.362. The van der Waals surface area contributed by atoms with Gasteiger partial charge in [-0.05, 0) is 55.9 Å². The highest BCUT2D eigenvalue weighted by Crippen LogP contribution is 2.27. The van der Waals surface area contributed by atoms with Gasteiger partial charge in [0, 0.05) is 17.0 Å². The first-order valence-electron chi connectivity index (χ1n) is 8.40. The fraction of sp³-hybridized carbons (Fsp3) is 0.211. The van der Waals surface area contributed by atoms with Crippen LogP contribution in [0.15, 0.2) is 42.5 Å². The Hall–Kier alpha value is -2.35. The summed E-state index contributed by atoms with van der Waals surface area (Å²) in [6.45, 7) is 2.23. The second kappa shape index (κ2) is 10.8. The van der Waals surface area contributed by atoms with E-state index in [-0.39, 0.29) is 23.3 Å². The van der Waals surface area contributed by atoms with Crippen LogP contribution in [0.2, 0.25) is 10.0 Å². The number of aryl methyl sites for hydroxylation is 1. The van der Waals surface area contributed by atoms with Crippen LogP contribution >= 0.6 is 35.4 Å². The van der Waals surface area contributed by atoms with Crippen molar-refractivity contribution in [2.24, 2.45) is 0 Å². The normalized spacial score (nSPS) is 10.1. The molecule has 6 nitrogen and oxygen atoms in total. The lowest BCUT2D eigenvalue weighted by molar-refractivity contribution is -0.119. The van der Waals surface area contributed by atoms with E-state index in [1.54, 1.807) is 30.3 Å². The van der Waals surface area contributed by atoms with Gasteiger partial charge in [0.1, 0.15) is 5.75 Å². The van der Waals surface area contributed by atoms with E-state index in [0.29, 0.717) is 34.4 Å². The molecule has 0 fully saturated rings. The maximum Gasteiger partial charge on any atom is 0.269 e. The molecule has 28 heavy (non-hydrogen) atoms. The zero-order valence-corrected chi connectivity index (χ0v) is 17.4. The maximum atomic E-state index is 12.0. The molecule has 3 N–H and O–H groups in total. The number of hydrogen-bond acceptors (Lipinski definition) is 4. The number of hydrogen-bond donors (Lipinski definition) is 3. The molecule has 0 saturated heterocycles. The number of amides is 2. The maximum absolute atomic E-state index is 12.0. The molecule has 0 unspecified atom stereocenters. The van der Waals surface area contributed by atoms with Crippen molar-refractivity contribution in [2.75, 3.05) is 6.61 Å². The van der Waals surface area contributed by atoms with Crippen LogP contribution in [0.3, 0.4) is 0 Å². The molecule has 0 spiro atoms. The van der Waals surface area contributed by atoms with Crippen LogP contribution < -0.4 is 20.9 Å². The van der Waals surface area contributed by atoms with Gasteiger partial charge in [-0.3, -0.25) is 20.4 Å². The molecule has 0 aliphatic carbocycles. The number of ether oxygens (including phenoxy) is 1. The highest BCUT2D eigenvalue weighted by Gasteiger charge is 2.08. The average molecular weight is 440 g/mol. The zero-order chi connectivity index (χ0) is 20.5. The summed E-state index contributed by atoms with van der Waals surface area (Å²) in [5.74, 6) is -0.153. The Morgan fingerprint density at radius 2 is 1.79 bits per heavy atom. The molecule has 2 aromatic rings. The van der Waals surface area contributed by atoms with Gasteiger partial charge in [-0.2, -0.15) is 0 Å². The lowest BCUT2D eigenvalue weighted by Gasteiger charge is -2.11. The minimum atomic E-state index is -0.357. The van der Waals surface area contributed by atoms with E-state index in [1.165, 1.54) is 0 Å². The molecule has 0 aliphatic rings. The van der Waals surface area contributed by atoms with Gasteiger partial charge in [-0.1, -0.05) is 40.9 Å². The van der Waals surface area contributed by atoms with Crippen molar-refractivity contribution in [1.82, 2.24) is 16.2 Å². The molecule has 0 bridgehead atoms. The first kappa shape index (κ1) is 21.9. The number of hydrazine groups is 1. The largest absolute Gasteiger partial charge is 0.492 e. The number of carbonyl (C=O) groups is 2. The third kappa shape index (κ3) is 7.34. The van der Waals surface area contributed by atoms with Crippen LogP contribution in [0, 0.1) is 6.92 Å². The summed E-state index contributed by atoms with van der Waals surface area (Å²) >= 11 is 16.8. The van der Waals surface area contributed by atoms with E-state index < -0.39 is 0 Å². The first-order valence-corrected chi connectivity index (χ1v) is 9.56. The monoisotopic (exact) mass is 439 g/mol. The lowest BCUT2D eigenvalue weighted by Crippen LogP contribution is -2.48. The number of carbonyl (C=O) groups excluding carboxylic acids is 2. The minimum Gasteiger partial charge on any atom is -0.492 e. The van der Waals surface area contributed by atoms with E-state index in [1.807, 2.05) is 19.1 Å². The Labute approximate surface area is 178 Å². The van der Waals surface area contributed by atoms with Gasteiger partial charge < -0.3 is 10.1 Å². The van der Waals surface area contributed by atoms with Crippen LogP contribution in [-0.2, 0) is 4.79 Å². The van der Waals surface area contributed by atoms with E-state index in [4.69, 9.17) is 40.2 Å². The van der Waals surface area contributed by atoms with E-state index in [0.717, 1.165) is 5.56 Å². The third-order valence-electron chi connectivity index (χ3n) is 3.56. The summed E-state index contributed by atoms with van der Waals surface area (Å²) in [6, 6.07) is 12.0. The molecule has 2 rings (SSSR count).